The maximum absolute atomic E-state index is 12.9. The molecule has 2 amide bonds. The van der Waals surface area contributed by atoms with Crippen molar-refractivity contribution in [1.29, 1.82) is 0 Å². The molecule has 2 aromatic rings. The highest BCUT2D eigenvalue weighted by molar-refractivity contribution is 6.30. The number of carbonyl (C=O) groups is 2. The van der Waals surface area contributed by atoms with Crippen LogP contribution < -0.4 is 5.32 Å². The van der Waals surface area contributed by atoms with Crippen LogP contribution in [0.25, 0.3) is 0 Å². The molecule has 2 aliphatic heterocycles. The number of nitrogens with zero attached hydrogens (tertiary/aromatic N) is 1. The molecule has 0 aliphatic carbocycles. The molecule has 0 spiro atoms. The van der Waals surface area contributed by atoms with Crippen molar-refractivity contribution in [2.45, 2.75) is 25.5 Å². The van der Waals surface area contributed by atoms with E-state index in [2.05, 4.69) is 5.32 Å². The van der Waals surface area contributed by atoms with E-state index in [1.54, 1.807) is 35.2 Å². The number of nitrogens with one attached hydrogen (secondary N) is 1. The maximum atomic E-state index is 12.9. The topological polar surface area (TPSA) is 58.6 Å². The van der Waals surface area contributed by atoms with Gasteiger partial charge in [-0.2, -0.15) is 0 Å². The van der Waals surface area contributed by atoms with Gasteiger partial charge < -0.3 is 15.0 Å². The van der Waals surface area contributed by atoms with Gasteiger partial charge in [-0.25, -0.2) is 0 Å². The van der Waals surface area contributed by atoms with Crippen LogP contribution in [0.5, 0.6) is 0 Å². The van der Waals surface area contributed by atoms with E-state index in [9.17, 15) is 9.59 Å². The lowest BCUT2D eigenvalue weighted by Gasteiger charge is -2.19. The Labute approximate surface area is 156 Å². The van der Waals surface area contributed by atoms with Crippen LogP contribution in [-0.4, -0.2) is 36.0 Å². The van der Waals surface area contributed by atoms with Crippen LogP contribution >= 0.6 is 11.6 Å². The Kier molecular flexibility index (Phi) is 4.66. The highest BCUT2D eigenvalue weighted by Crippen LogP contribution is 2.28. The molecule has 4 rings (SSSR count). The summed E-state index contributed by atoms with van der Waals surface area (Å²) in [5.74, 6) is -0.395. The first-order chi connectivity index (χ1) is 12.6. The number of benzene rings is 2. The minimum atomic E-state index is -0.295. The minimum Gasteiger partial charge on any atom is -0.376 e. The van der Waals surface area contributed by atoms with E-state index in [4.69, 9.17) is 16.3 Å². The van der Waals surface area contributed by atoms with Crippen LogP contribution in [0.15, 0.2) is 42.5 Å². The van der Waals surface area contributed by atoms with Gasteiger partial charge >= 0.3 is 0 Å². The molecule has 1 atom stereocenters. The first kappa shape index (κ1) is 17.1. The molecule has 0 radical (unpaired) electrons. The van der Waals surface area contributed by atoms with Gasteiger partial charge in [-0.1, -0.05) is 23.7 Å². The molecule has 6 heteroatoms. The van der Waals surface area contributed by atoms with Gasteiger partial charge in [0.05, 0.1) is 17.2 Å². The fourth-order valence-corrected chi connectivity index (χ4v) is 3.65. The lowest BCUT2D eigenvalue weighted by molar-refractivity contribution is 0.0544. The van der Waals surface area contributed by atoms with Crippen LogP contribution in [0, 0.1) is 0 Å². The van der Waals surface area contributed by atoms with Gasteiger partial charge in [0.2, 0.25) is 0 Å². The van der Waals surface area contributed by atoms with E-state index in [0.717, 1.165) is 25.0 Å². The van der Waals surface area contributed by atoms with Gasteiger partial charge in [0.15, 0.2) is 0 Å². The molecule has 1 unspecified atom stereocenters. The molecule has 1 saturated heterocycles. The second kappa shape index (κ2) is 7.09. The summed E-state index contributed by atoms with van der Waals surface area (Å²) in [7, 11) is 0. The Morgan fingerprint density at radius 2 is 2.04 bits per heavy atom. The second-order valence-corrected chi connectivity index (χ2v) is 7.06. The van der Waals surface area contributed by atoms with Crippen molar-refractivity contribution >= 4 is 29.1 Å². The zero-order chi connectivity index (χ0) is 18.1. The van der Waals surface area contributed by atoms with Crippen LogP contribution in [-0.2, 0) is 11.3 Å². The Morgan fingerprint density at radius 3 is 2.77 bits per heavy atom. The van der Waals surface area contributed by atoms with Crippen molar-refractivity contribution < 1.29 is 14.3 Å². The second-order valence-electron chi connectivity index (χ2n) is 6.62. The van der Waals surface area contributed by atoms with E-state index in [0.29, 0.717) is 34.9 Å². The largest absolute Gasteiger partial charge is 0.376 e. The Bertz CT molecular complexity index is 845. The zero-order valence-electron chi connectivity index (χ0n) is 14.2. The Morgan fingerprint density at radius 1 is 1.23 bits per heavy atom. The summed E-state index contributed by atoms with van der Waals surface area (Å²) in [5.41, 5.74) is 2.42. The van der Waals surface area contributed by atoms with Crippen molar-refractivity contribution in [3.8, 4) is 0 Å². The quantitative estimate of drug-likeness (QED) is 0.892. The van der Waals surface area contributed by atoms with Crippen molar-refractivity contribution in [2.75, 3.05) is 18.5 Å². The predicted molar refractivity (Wildman–Crippen MR) is 99.6 cm³/mol. The average Bonchev–Trinajstić information content (AvgIpc) is 3.26. The highest BCUT2D eigenvalue weighted by atomic mass is 35.5. The van der Waals surface area contributed by atoms with Gasteiger partial charge in [0, 0.05) is 30.4 Å². The molecular formula is C20H19ClN2O3. The average molecular weight is 371 g/mol. The van der Waals surface area contributed by atoms with E-state index >= 15 is 0 Å². The summed E-state index contributed by atoms with van der Waals surface area (Å²) in [4.78, 5) is 27.4. The number of hydrogen-bond donors (Lipinski definition) is 1. The molecular weight excluding hydrogens is 352 g/mol. The number of fused-ring (bicyclic) bond motifs is 1. The third-order valence-corrected chi connectivity index (χ3v) is 5.06. The number of amides is 2. The monoisotopic (exact) mass is 370 g/mol. The van der Waals surface area contributed by atoms with E-state index in [1.807, 2.05) is 12.1 Å². The summed E-state index contributed by atoms with van der Waals surface area (Å²) < 4.78 is 5.64. The fraction of sp³-hybridized carbons (Fsp3) is 0.300. The SMILES string of the molecule is O=C(Nc1ccc(Cl)cc1)c1cccc2c1C(=O)N(CC1CCCO1)C2. The summed E-state index contributed by atoms with van der Waals surface area (Å²) in [5, 5.41) is 3.43. The van der Waals surface area contributed by atoms with Crippen molar-refractivity contribution in [3.63, 3.8) is 0 Å². The van der Waals surface area contributed by atoms with Gasteiger partial charge in [-0.15, -0.1) is 0 Å². The first-order valence-electron chi connectivity index (χ1n) is 8.71. The Hall–Kier alpha value is -2.37. The number of hydrogen-bond acceptors (Lipinski definition) is 3. The van der Waals surface area contributed by atoms with Gasteiger partial charge in [0.1, 0.15) is 0 Å². The molecule has 1 N–H and O–H groups in total. The zero-order valence-corrected chi connectivity index (χ0v) is 15.0. The number of carbonyl (C=O) groups excluding carboxylic acids is 2. The van der Waals surface area contributed by atoms with Gasteiger partial charge in [-0.3, -0.25) is 9.59 Å². The predicted octanol–water partition coefficient (Wildman–Crippen LogP) is 3.73. The van der Waals surface area contributed by atoms with Crippen molar-refractivity contribution in [1.82, 2.24) is 4.90 Å². The third kappa shape index (κ3) is 3.32. The number of rotatable bonds is 4. The van der Waals surface area contributed by atoms with Crippen LogP contribution in [0.2, 0.25) is 5.02 Å². The molecule has 2 heterocycles. The summed E-state index contributed by atoms with van der Waals surface area (Å²) in [6.07, 6.45) is 2.11. The van der Waals surface area contributed by atoms with Crippen LogP contribution in [0.4, 0.5) is 5.69 Å². The number of anilines is 1. The molecule has 1 fully saturated rings. The van der Waals surface area contributed by atoms with E-state index in [-0.39, 0.29) is 17.9 Å². The van der Waals surface area contributed by atoms with Crippen molar-refractivity contribution in [3.05, 3.63) is 64.2 Å². The van der Waals surface area contributed by atoms with E-state index < -0.39 is 0 Å². The van der Waals surface area contributed by atoms with Crippen LogP contribution in [0.1, 0.15) is 39.1 Å². The number of halogens is 1. The summed E-state index contributed by atoms with van der Waals surface area (Å²) >= 11 is 5.87. The summed E-state index contributed by atoms with van der Waals surface area (Å²) in [6.45, 7) is 1.86. The van der Waals surface area contributed by atoms with E-state index in [1.165, 1.54) is 0 Å². The third-order valence-electron chi connectivity index (χ3n) is 4.81. The fourth-order valence-electron chi connectivity index (χ4n) is 3.52. The Balaban J connectivity index is 1.54. The molecule has 5 nitrogen and oxygen atoms in total. The van der Waals surface area contributed by atoms with Gasteiger partial charge in [-0.05, 0) is 48.7 Å². The summed E-state index contributed by atoms with van der Waals surface area (Å²) in [6, 6.07) is 12.3. The van der Waals surface area contributed by atoms with Gasteiger partial charge in [0.25, 0.3) is 11.8 Å². The lowest BCUT2D eigenvalue weighted by atomic mass is 10.0. The maximum Gasteiger partial charge on any atom is 0.256 e. The van der Waals surface area contributed by atoms with Crippen LogP contribution in [0.3, 0.4) is 0 Å². The molecule has 2 aromatic carbocycles. The lowest BCUT2D eigenvalue weighted by Crippen LogP contribution is -2.32. The number of ether oxygens (including phenoxy) is 1. The molecule has 2 aliphatic rings. The first-order valence-corrected chi connectivity index (χ1v) is 9.09. The highest BCUT2D eigenvalue weighted by Gasteiger charge is 2.33. The molecule has 0 aromatic heterocycles. The van der Waals surface area contributed by atoms with Crippen molar-refractivity contribution in [2.24, 2.45) is 0 Å². The smallest absolute Gasteiger partial charge is 0.256 e. The molecule has 134 valence electrons. The molecule has 0 bridgehead atoms. The normalized spacial score (nSPS) is 18.9. The standard InChI is InChI=1S/C20H19ClN2O3/c21-14-6-8-15(9-7-14)22-19(24)17-5-1-3-13-11-23(20(25)18(13)17)12-16-4-2-10-26-16/h1,3,5-9,16H,2,4,10-12H2,(H,22,24). The molecule has 26 heavy (non-hydrogen) atoms. The minimum absolute atomic E-state index is 0.0969. The molecule has 0 saturated carbocycles.